The van der Waals surface area contributed by atoms with Crippen LogP contribution in [-0.4, -0.2) is 46.1 Å². The fourth-order valence-corrected chi connectivity index (χ4v) is 1.07. The predicted octanol–water partition coefficient (Wildman–Crippen LogP) is -1.42. The van der Waals surface area contributed by atoms with Crippen molar-refractivity contribution in [1.29, 1.82) is 0 Å². The first-order valence-corrected chi connectivity index (χ1v) is 3.43. The Kier molecular flexibility index (Phi) is 4.47. The van der Waals surface area contributed by atoms with E-state index in [0.717, 1.165) is 0 Å². The molecule has 4 N–H and O–H groups in total. The lowest BCUT2D eigenvalue weighted by atomic mass is 10.00. The van der Waals surface area contributed by atoms with Crippen LogP contribution in [0.2, 0.25) is 0 Å². The first kappa shape index (κ1) is 11.6. The second-order valence-electron chi connectivity index (χ2n) is 2.67. The van der Waals surface area contributed by atoms with Crippen molar-refractivity contribution in [3.05, 3.63) is 0 Å². The number of hydrogen-bond donors (Lipinski definition) is 4. The molecular weight excluding hydrogens is 186 g/mol. The molecule has 0 saturated carbocycles. The summed E-state index contributed by atoms with van der Waals surface area (Å²) in [5.41, 5.74) is 0. The van der Waals surface area contributed by atoms with Crippen molar-refractivity contribution in [2.24, 2.45) is 0 Å². The lowest BCUT2D eigenvalue weighted by Crippen LogP contribution is -2.52. The van der Waals surface area contributed by atoms with Gasteiger partial charge >= 0.3 is 5.97 Å². The van der Waals surface area contributed by atoms with Gasteiger partial charge in [-0.05, 0) is 0 Å². The Morgan fingerprint density at radius 2 is 1.92 bits per heavy atom. The molecule has 1 aliphatic heterocycles. The number of rotatable bonds is 1. The number of nitrogens with one attached hydrogen (secondary N) is 1. The van der Waals surface area contributed by atoms with Gasteiger partial charge in [0, 0.05) is 13.0 Å². The van der Waals surface area contributed by atoms with Gasteiger partial charge in [0.15, 0.2) is 0 Å². The van der Waals surface area contributed by atoms with Crippen LogP contribution in [0.5, 0.6) is 0 Å². The summed E-state index contributed by atoms with van der Waals surface area (Å²) in [6.07, 6.45) is -1.70. The summed E-state index contributed by atoms with van der Waals surface area (Å²) >= 11 is 0. The highest BCUT2D eigenvalue weighted by molar-refractivity contribution is 5.85. The average Bonchev–Trinajstić information content (AvgIpc) is 1.94. The lowest BCUT2D eigenvalue weighted by Gasteiger charge is -2.28. The molecule has 0 amide bonds. The third-order valence-electron chi connectivity index (χ3n) is 1.79. The van der Waals surface area contributed by atoms with Crippen LogP contribution in [0.15, 0.2) is 0 Å². The van der Waals surface area contributed by atoms with E-state index >= 15 is 0 Å². The number of piperidine rings is 1. The molecule has 1 aliphatic rings. The molecule has 0 aromatic carbocycles. The summed E-state index contributed by atoms with van der Waals surface area (Å²) < 4.78 is 0. The Balaban J connectivity index is 0.00000121. The average molecular weight is 198 g/mol. The summed E-state index contributed by atoms with van der Waals surface area (Å²) in [7, 11) is 0. The van der Waals surface area contributed by atoms with Crippen molar-refractivity contribution in [1.82, 2.24) is 5.32 Å². The molecule has 0 radical (unpaired) electrons. The van der Waals surface area contributed by atoms with Crippen LogP contribution in [0, 0.1) is 0 Å². The number of aliphatic hydroxyl groups is 2. The topological polar surface area (TPSA) is 89.8 Å². The van der Waals surface area contributed by atoms with E-state index in [1.54, 1.807) is 0 Å². The van der Waals surface area contributed by atoms with Crippen molar-refractivity contribution < 1.29 is 20.1 Å². The minimum absolute atomic E-state index is 0. The fourth-order valence-electron chi connectivity index (χ4n) is 1.07. The van der Waals surface area contributed by atoms with E-state index in [1.165, 1.54) is 0 Å². The van der Waals surface area contributed by atoms with Gasteiger partial charge in [-0.3, -0.25) is 4.79 Å². The molecule has 6 heteroatoms. The van der Waals surface area contributed by atoms with Crippen LogP contribution in [0.25, 0.3) is 0 Å². The zero-order valence-electron chi connectivity index (χ0n) is 6.30. The van der Waals surface area contributed by atoms with Crippen molar-refractivity contribution in [2.45, 2.75) is 24.7 Å². The normalized spacial score (nSPS) is 35.3. The molecule has 0 bridgehead atoms. The van der Waals surface area contributed by atoms with Gasteiger partial charge in [0.1, 0.15) is 6.04 Å². The van der Waals surface area contributed by atoms with Crippen LogP contribution < -0.4 is 5.32 Å². The third kappa shape index (κ3) is 2.60. The number of carboxylic acids is 1. The molecule has 0 aromatic heterocycles. The Morgan fingerprint density at radius 3 is 2.33 bits per heavy atom. The molecule has 3 atom stereocenters. The van der Waals surface area contributed by atoms with Gasteiger partial charge in [0.05, 0.1) is 12.2 Å². The minimum Gasteiger partial charge on any atom is -0.480 e. The summed E-state index contributed by atoms with van der Waals surface area (Å²) in [4.78, 5) is 10.4. The van der Waals surface area contributed by atoms with E-state index in [-0.39, 0.29) is 25.4 Å². The van der Waals surface area contributed by atoms with Gasteiger partial charge in [0.2, 0.25) is 0 Å². The number of carboxylic acid groups (broad SMARTS) is 1. The molecule has 0 spiro atoms. The predicted molar refractivity (Wildman–Crippen MR) is 43.3 cm³/mol. The first-order valence-electron chi connectivity index (χ1n) is 3.43. The maximum absolute atomic E-state index is 10.4. The van der Waals surface area contributed by atoms with Crippen molar-refractivity contribution in [3.63, 3.8) is 0 Å². The number of carbonyl (C=O) groups is 1. The number of halogens is 1. The highest BCUT2D eigenvalue weighted by atomic mass is 35.5. The molecule has 0 aliphatic carbocycles. The van der Waals surface area contributed by atoms with Crippen LogP contribution >= 0.6 is 12.4 Å². The molecule has 1 rings (SSSR count). The van der Waals surface area contributed by atoms with Crippen LogP contribution in [0.3, 0.4) is 0 Å². The molecule has 12 heavy (non-hydrogen) atoms. The molecule has 0 aromatic rings. The summed E-state index contributed by atoms with van der Waals surface area (Å²) in [6, 6.07) is -0.728. The molecule has 0 unspecified atom stereocenters. The van der Waals surface area contributed by atoms with Gasteiger partial charge in [-0.15, -0.1) is 12.4 Å². The van der Waals surface area contributed by atoms with E-state index < -0.39 is 24.2 Å². The third-order valence-corrected chi connectivity index (χ3v) is 1.79. The number of aliphatic hydroxyl groups excluding tert-OH is 2. The van der Waals surface area contributed by atoms with Crippen LogP contribution in [0.4, 0.5) is 0 Å². The SMILES string of the molecule is Cl.O=C(O)[C@H]1C[C@@H](O)[C@@H](O)CN1. The summed E-state index contributed by atoms with van der Waals surface area (Å²) in [5.74, 6) is -0.990. The zero-order chi connectivity index (χ0) is 8.43. The lowest BCUT2D eigenvalue weighted by molar-refractivity contribution is -0.142. The molecule has 72 valence electrons. The summed E-state index contributed by atoms with van der Waals surface area (Å²) in [5, 5.41) is 29.1. The highest BCUT2D eigenvalue weighted by Gasteiger charge is 2.30. The number of β-amino-alcohol motifs (C(OH)–C–C–N with tert-alkyl or cyclic N) is 1. The van der Waals surface area contributed by atoms with Crippen LogP contribution in [-0.2, 0) is 4.79 Å². The van der Waals surface area contributed by atoms with E-state index in [0.29, 0.717) is 0 Å². The van der Waals surface area contributed by atoms with Crippen LogP contribution in [0.1, 0.15) is 6.42 Å². The van der Waals surface area contributed by atoms with Crippen molar-refractivity contribution in [3.8, 4) is 0 Å². The smallest absolute Gasteiger partial charge is 0.320 e. The zero-order valence-corrected chi connectivity index (χ0v) is 7.12. The maximum Gasteiger partial charge on any atom is 0.320 e. The first-order chi connectivity index (χ1) is 5.11. The molecule has 1 saturated heterocycles. The van der Waals surface area contributed by atoms with Gasteiger partial charge in [-0.25, -0.2) is 0 Å². The van der Waals surface area contributed by atoms with Gasteiger partial charge in [-0.1, -0.05) is 0 Å². The molecule has 1 heterocycles. The number of hydrogen-bond acceptors (Lipinski definition) is 4. The van der Waals surface area contributed by atoms with Crippen molar-refractivity contribution in [2.75, 3.05) is 6.54 Å². The largest absolute Gasteiger partial charge is 0.480 e. The molecule has 1 fully saturated rings. The Bertz CT molecular complexity index is 166. The standard InChI is InChI=1S/C6H11NO4.ClH/c8-4-1-3(6(10)11)7-2-5(4)9;/h3-5,7-9H,1-2H2,(H,10,11);1H/t3-,4-,5+;/m1./s1. The van der Waals surface area contributed by atoms with Gasteiger partial charge in [-0.2, -0.15) is 0 Å². The van der Waals surface area contributed by atoms with Gasteiger partial charge < -0.3 is 20.6 Å². The summed E-state index contributed by atoms with van der Waals surface area (Å²) in [6.45, 7) is 0.137. The monoisotopic (exact) mass is 197 g/mol. The quantitative estimate of drug-likeness (QED) is 0.414. The maximum atomic E-state index is 10.4. The fraction of sp³-hybridized carbons (Fsp3) is 0.833. The Labute approximate surface area is 75.8 Å². The minimum atomic E-state index is -0.990. The Hall–Kier alpha value is -0.360. The number of aliphatic carboxylic acids is 1. The van der Waals surface area contributed by atoms with Gasteiger partial charge in [0.25, 0.3) is 0 Å². The molecule has 5 nitrogen and oxygen atoms in total. The van der Waals surface area contributed by atoms with E-state index in [2.05, 4.69) is 5.32 Å². The molecular formula is C6H12ClNO4. The second-order valence-corrected chi connectivity index (χ2v) is 2.67. The Morgan fingerprint density at radius 1 is 1.33 bits per heavy atom. The highest BCUT2D eigenvalue weighted by Crippen LogP contribution is 2.08. The van der Waals surface area contributed by atoms with E-state index in [4.69, 9.17) is 15.3 Å². The van der Waals surface area contributed by atoms with E-state index in [1.807, 2.05) is 0 Å². The van der Waals surface area contributed by atoms with Crippen molar-refractivity contribution >= 4 is 18.4 Å². The van der Waals surface area contributed by atoms with E-state index in [9.17, 15) is 4.79 Å². The second kappa shape index (κ2) is 4.61.